The highest BCUT2D eigenvalue weighted by atomic mass is 35.5. The first kappa shape index (κ1) is 21.7. The van der Waals surface area contributed by atoms with Crippen molar-refractivity contribution >= 4 is 20.4 Å². The summed E-state index contributed by atoms with van der Waals surface area (Å²) in [5, 5.41) is 7.95. The summed E-state index contributed by atoms with van der Waals surface area (Å²) in [4.78, 5) is 13.3. The highest BCUT2D eigenvalue weighted by molar-refractivity contribution is 7.31. The SMILES string of the molecule is CC(C)Oc1ccc(-c2noc(-c3ccc(CNCCCPO)cc3)n2)cc1Cl. The number of benzene rings is 2. The van der Waals surface area contributed by atoms with Gasteiger partial charge in [0, 0.05) is 26.5 Å². The van der Waals surface area contributed by atoms with Crippen LogP contribution in [0.1, 0.15) is 25.8 Å². The van der Waals surface area contributed by atoms with Crippen LogP contribution in [0.15, 0.2) is 47.0 Å². The zero-order chi connectivity index (χ0) is 20.6. The number of nitrogens with one attached hydrogen (secondary N) is 1. The Kier molecular flexibility index (Phi) is 8.01. The summed E-state index contributed by atoms with van der Waals surface area (Å²) in [5.74, 6) is 1.57. The second-order valence-electron chi connectivity index (χ2n) is 6.87. The van der Waals surface area contributed by atoms with Crippen LogP contribution >= 0.6 is 20.4 Å². The van der Waals surface area contributed by atoms with Crippen LogP contribution in [0.5, 0.6) is 5.75 Å². The lowest BCUT2D eigenvalue weighted by atomic mass is 10.1. The Morgan fingerprint density at radius 1 is 1.17 bits per heavy atom. The Morgan fingerprint density at radius 3 is 2.62 bits per heavy atom. The van der Waals surface area contributed by atoms with Crippen molar-refractivity contribution < 1.29 is 14.2 Å². The number of nitrogens with zero attached hydrogens (tertiary/aromatic N) is 2. The monoisotopic (exact) mass is 433 g/mol. The Balaban J connectivity index is 1.64. The van der Waals surface area contributed by atoms with Gasteiger partial charge in [-0.2, -0.15) is 4.98 Å². The van der Waals surface area contributed by atoms with Gasteiger partial charge < -0.3 is 19.5 Å². The molecule has 6 nitrogen and oxygen atoms in total. The number of halogens is 1. The largest absolute Gasteiger partial charge is 0.489 e. The molecule has 154 valence electrons. The maximum Gasteiger partial charge on any atom is 0.258 e. The minimum atomic E-state index is 0.0294. The molecular formula is C21H25ClN3O3P. The van der Waals surface area contributed by atoms with Gasteiger partial charge in [-0.25, -0.2) is 0 Å². The van der Waals surface area contributed by atoms with Crippen molar-refractivity contribution in [2.45, 2.75) is 32.9 Å². The minimum absolute atomic E-state index is 0.0294. The van der Waals surface area contributed by atoms with Crippen LogP contribution in [-0.4, -0.2) is 33.8 Å². The average Bonchev–Trinajstić information content (AvgIpc) is 3.20. The molecule has 1 heterocycles. The molecule has 0 amide bonds. The molecule has 2 aromatic carbocycles. The minimum Gasteiger partial charge on any atom is -0.489 e. The van der Waals surface area contributed by atoms with E-state index in [1.165, 1.54) is 5.56 Å². The van der Waals surface area contributed by atoms with Gasteiger partial charge in [-0.1, -0.05) is 28.9 Å². The summed E-state index contributed by atoms with van der Waals surface area (Å²) >= 11 is 6.31. The lowest BCUT2D eigenvalue weighted by Crippen LogP contribution is -2.14. The lowest BCUT2D eigenvalue weighted by Gasteiger charge is -2.11. The second kappa shape index (κ2) is 10.7. The van der Waals surface area contributed by atoms with Gasteiger partial charge in [-0.15, -0.1) is 0 Å². The predicted molar refractivity (Wildman–Crippen MR) is 118 cm³/mol. The summed E-state index contributed by atoms with van der Waals surface area (Å²) in [6.07, 6.45) is 1.88. The first-order valence-electron chi connectivity index (χ1n) is 9.54. The van der Waals surface area contributed by atoms with E-state index in [4.69, 9.17) is 25.8 Å². The van der Waals surface area contributed by atoms with E-state index in [1.54, 1.807) is 6.07 Å². The van der Waals surface area contributed by atoms with Crippen LogP contribution in [0.2, 0.25) is 5.02 Å². The van der Waals surface area contributed by atoms with E-state index in [1.807, 2.05) is 50.2 Å². The van der Waals surface area contributed by atoms with Crippen LogP contribution < -0.4 is 10.1 Å². The van der Waals surface area contributed by atoms with Crippen molar-refractivity contribution in [1.29, 1.82) is 0 Å². The molecule has 3 aromatic rings. The van der Waals surface area contributed by atoms with Gasteiger partial charge in [0.15, 0.2) is 0 Å². The molecule has 1 atom stereocenters. The quantitative estimate of drug-likeness (QED) is 0.349. The molecule has 0 saturated heterocycles. The third-order valence-corrected chi connectivity index (χ3v) is 5.02. The molecule has 0 bridgehead atoms. The number of hydrogen-bond acceptors (Lipinski definition) is 6. The fraction of sp³-hybridized carbons (Fsp3) is 0.333. The van der Waals surface area contributed by atoms with Crippen molar-refractivity contribution in [3.63, 3.8) is 0 Å². The average molecular weight is 434 g/mol. The smallest absolute Gasteiger partial charge is 0.258 e. The molecule has 0 aliphatic rings. The summed E-state index contributed by atoms with van der Waals surface area (Å²) in [5.41, 5.74) is 2.80. The maximum atomic E-state index is 8.82. The summed E-state index contributed by atoms with van der Waals surface area (Å²) in [7, 11) is 0.0294. The molecule has 0 aliphatic heterocycles. The summed E-state index contributed by atoms with van der Waals surface area (Å²) < 4.78 is 11.1. The third-order valence-electron chi connectivity index (χ3n) is 4.15. The first-order valence-corrected chi connectivity index (χ1v) is 11.1. The van der Waals surface area contributed by atoms with E-state index < -0.39 is 0 Å². The van der Waals surface area contributed by atoms with E-state index in [9.17, 15) is 0 Å². The van der Waals surface area contributed by atoms with Gasteiger partial charge in [-0.05, 0) is 68.9 Å². The number of ether oxygens (including phenoxy) is 1. The molecule has 0 aliphatic carbocycles. The van der Waals surface area contributed by atoms with E-state index in [0.717, 1.165) is 36.8 Å². The van der Waals surface area contributed by atoms with Gasteiger partial charge in [0.05, 0.1) is 11.1 Å². The zero-order valence-electron chi connectivity index (χ0n) is 16.5. The molecule has 1 unspecified atom stereocenters. The predicted octanol–water partition coefficient (Wildman–Crippen LogP) is 4.91. The highest BCUT2D eigenvalue weighted by Gasteiger charge is 2.13. The van der Waals surface area contributed by atoms with E-state index in [-0.39, 0.29) is 14.9 Å². The lowest BCUT2D eigenvalue weighted by molar-refractivity contribution is 0.242. The summed E-state index contributed by atoms with van der Waals surface area (Å²) in [6.45, 7) is 5.59. The van der Waals surface area contributed by atoms with Gasteiger partial charge in [0.2, 0.25) is 5.82 Å². The standard InChI is InChI=1S/C21H25ClN3O3P/c1-14(2)27-19-9-8-17(12-18(19)22)20-24-21(28-25-20)16-6-4-15(5-7-16)13-23-10-3-11-29-26/h4-9,12,14,23,26,29H,3,10-11,13H2,1-2H3. The molecule has 2 N–H and O–H groups in total. The molecule has 8 heteroatoms. The van der Waals surface area contributed by atoms with E-state index >= 15 is 0 Å². The fourth-order valence-corrected chi connectivity index (χ4v) is 3.30. The molecule has 0 spiro atoms. The van der Waals surface area contributed by atoms with Crippen LogP contribution in [0, 0.1) is 0 Å². The molecule has 0 saturated carbocycles. The fourth-order valence-electron chi connectivity index (χ4n) is 2.74. The van der Waals surface area contributed by atoms with Gasteiger partial charge >= 0.3 is 0 Å². The molecule has 1 aromatic heterocycles. The van der Waals surface area contributed by atoms with Crippen molar-refractivity contribution in [3.05, 3.63) is 53.1 Å². The molecule has 3 rings (SSSR count). The zero-order valence-corrected chi connectivity index (χ0v) is 18.2. The number of aromatic nitrogens is 2. The summed E-state index contributed by atoms with van der Waals surface area (Å²) in [6, 6.07) is 13.5. The van der Waals surface area contributed by atoms with E-state index in [2.05, 4.69) is 15.5 Å². The van der Waals surface area contributed by atoms with Crippen molar-refractivity contribution in [3.8, 4) is 28.6 Å². The Morgan fingerprint density at radius 2 is 1.93 bits per heavy atom. The van der Waals surface area contributed by atoms with Crippen molar-refractivity contribution in [1.82, 2.24) is 15.5 Å². The number of hydrogen-bond donors (Lipinski definition) is 2. The first-order chi connectivity index (χ1) is 14.1. The Bertz CT molecular complexity index is 916. The Labute approximate surface area is 177 Å². The molecular weight excluding hydrogens is 409 g/mol. The van der Waals surface area contributed by atoms with E-state index in [0.29, 0.717) is 22.5 Å². The van der Waals surface area contributed by atoms with Crippen molar-refractivity contribution in [2.75, 3.05) is 12.7 Å². The molecule has 0 radical (unpaired) electrons. The van der Waals surface area contributed by atoms with Gasteiger partial charge in [0.1, 0.15) is 5.75 Å². The normalized spacial score (nSPS) is 11.6. The van der Waals surface area contributed by atoms with Crippen molar-refractivity contribution in [2.24, 2.45) is 0 Å². The van der Waals surface area contributed by atoms with Gasteiger partial charge in [-0.3, -0.25) is 0 Å². The maximum absolute atomic E-state index is 8.82. The highest BCUT2D eigenvalue weighted by Crippen LogP contribution is 2.31. The third kappa shape index (κ3) is 6.25. The van der Waals surface area contributed by atoms with Crippen LogP contribution in [-0.2, 0) is 6.54 Å². The molecule has 0 fully saturated rings. The second-order valence-corrected chi connectivity index (χ2v) is 8.09. The van der Waals surface area contributed by atoms with Crippen LogP contribution in [0.4, 0.5) is 0 Å². The topological polar surface area (TPSA) is 80.4 Å². The van der Waals surface area contributed by atoms with Crippen LogP contribution in [0.3, 0.4) is 0 Å². The number of rotatable bonds is 10. The molecule has 29 heavy (non-hydrogen) atoms. The van der Waals surface area contributed by atoms with Crippen LogP contribution in [0.25, 0.3) is 22.8 Å². The van der Waals surface area contributed by atoms with Gasteiger partial charge in [0.25, 0.3) is 5.89 Å². The Hall–Kier alpha value is -1.98.